The molecule has 1 aliphatic heterocycles. The summed E-state index contributed by atoms with van der Waals surface area (Å²) in [6, 6.07) is 6.35. The van der Waals surface area contributed by atoms with Crippen LogP contribution in [-0.4, -0.2) is 33.9 Å². The fraction of sp³-hybridized carbons (Fsp3) is 0.312. The van der Waals surface area contributed by atoms with Crippen LogP contribution in [0, 0.1) is 16.0 Å². The highest BCUT2D eigenvalue weighted by atomic mass is 35.5. The molecule has 0 aliphatic carbocycles. The van der Waals surface area contributed by atoms with E-state index >= 15 is 0 Å². The Balaban J connectivity index is 1.64. The number of anilines is 2. The third-order valence-electron chi connectivity index (χ3n) is 4.04. The molecule has 0 radical (unpaired) electrons. The molecule has 3 heterocycles. The molecule has 0 unspecified atom stereocenters. The summed E-state index contributed by atoms with van der Waals surface area (Å²) >= 11 is 5.78. The number of nitrogens with one attached hydrogen (secondary N) is 1. The Kier molecular flexibility index (Phi) is 5.08. The Morgan fingerprint density at radius 1 is 1.28 bits per heavy atom. The molecular weight excluding hydrogens is 346 g/mol. The highest BCUT2D eigenvalue weighted by Gasteiger charge is 2.27. The van der Waals surface area contributed by atoms with Gasteiger partial charge in [-0.25, -0.2) is 9.97 Å². The van der Waals surface area contributed by atoms with E-state index in [1.165, 1.54) is 18.5 Å². The van der Waals surface area contributed by atoms with Gasteiger partial charge in [0.25, 0.3) is 5.69 Å². The summed E-state index contributed by atoms with van der Waals surface area (Å²) in [6.07, 6.45) is 4.31. The van der Waals surface area contributed by atoms with E-state index in [1.807, 2.05) is 4.90 Å². The quantitative estimate of drug-likeness (QED) is 0.663. The minimum Gasteiger partial charge on any atom is -0.356 e. The molecule has 0 bridgehead atoms. The van der Waals surface area contributed by atoms with Gasteiger partial charge in [0.1, 0.15) is 17.8 Å². The average molecular weight is 362 g/mol. The molecule has 130 valence electrons. The number of aromatic nitrogens is 2. The average Bonchev–Trinajstić information content (AvgIpc) is 2.64. The summed E-state index contributed by atoms with van der Waals surface area (Å²) in [4.78, 5) is 32.8. The Hall–Kier alpha value is -2.74. The van der Waals surface area contributed by atoms with Gasteiger partial charge in [0, 0.05) is 25.4 Å². The molecule has 1 saturated heterocycles. The number of carbonyl (C=O) groups is 1. The third kappa shape index (κ3) is 4.21. The molecule has 1 amide bonds. The van der Waals surface area contributed by atoms with Gasteiger partial charge in [-0.1, -0.05) is 11.6 Å². The molecular formula is C16H16ClN5O3. The lowest BCUT2D eigenvalue weighted by atomic mass is 9.97. The largest absolute Gasteiger partial charge is 0.356 e. The van der Waals surface area contributed by atoms with Gasteiger partial charge in [-0.15, -0.1) is 0 Å². The van der Waals surface area contributed by atoms with Crippen LogP contribution in [0.25, 0.3) is 0 Å². The standard InChI is InChI=1S/C16H16ClN5O3/c17-12-3-5-14(18-8-12)20-16(23)11-2-1-7-21(10-11)15-6-4-13(9-19-15)22(24)25/h3-6,8-9,11H,1-2,7,10H2,(H,18,20,23)/t11-/m1/s1. The molecule has 3 rings (SSSR count). The van der Waals surface area contributed by atoms with E-state index in [1.54, 1.807) is 18.2 Å². The second-order valence-corrected chi connectivity index (χ2v) is 6.20. The van der Waals surface area contributed by atoms with E-state index < -0.39 is 4.92 Å². The number of amides is 1. The molecule has 1 aliphatic rings. The number of piperidine rings is 1. The van der Waals surface area contributed by atoms with Gasteiger partial charge in [0.05, 0.1) is 15.9 Å². The van der Waals surface area contributed by atoms with Gasteiger partial charge < -0.3 is 10.2 Å². The van der Waals surface area contributed by atoms with Crippen molar-refractivity contribution in [2.75, 3.05) is 23.3 Å². The summed E-state index contributed by atoms with van der Waals surface area (Å²) in [5.74, 6) is 0.775. The van der Waals surface area contributed by atoms with E-state index in [-0.39, 0.29) is 17.5 Å². The predicted molar refractivity (Wildman–Crippen MR) is 93.7 cm³/mol. The number of halogens is 1. The number of hydrogen-bond donors (Lipinski definition) is 1. The van der Waals surface area contributed by atoms with Crippen LogP contribution >= 0.6 is 11.6 Å². The van der Waals surface area contributed by atoms with Crippen molar-refractivity contribution in [3.63, 3.8) is 0 Å². The number of carbonyl (C=O) groups excluding carboxylic acids is 1. The zero-order chi connectivity index (χ0) is 17.8. The van der Waals surface area contributed by atoms with Crippen molar-refractivity contribution in [3.8, 4) is 0 Å². The lowest BCUT2D eigenvalue weighted by Crippen LogP contribution is -2.41. The molecule has 1 atom stereocenters. The first-order valence-electron chi connectivity index (χ1n) is 7.81. The Labute approximate surface area is 149 Å². The topological polar surface area (TPSA) is 101 Å². The summed E-state index contributed by atoms with van der Waals surface area (Å²) in [5.41, 5.74) is -0.0520. The van der Waals surface area contributed by atoms with Crippen LogP contribution in [0.5, 0.6) is 0 Å². The van der Waals surface area contributed by atoms with E-state index in [0.717, 1.165) is 19.4 Å². The molecule has 9 heteroatoms. The van der Waals surface area contributed by atoms with Gasteiger partial charge >= 0.3 is 0 Å². The minimum atomic E-state index is -0.484. The Bertz CT molecular complexity index is 766. The van der Waals surface area contributed by atoms with Crippen LogP contribution in [0.2, 0.25) is 5.02 Å². The highest BCUT2D eigenvalue weighted by molar-refractivity contribution is 6.30. The highest BCUT2D eigenvalue weighted by Crippen LogP contribution is 2.24. The molecule has 0 saturated carbocycles. The van der Waals surface area contributed by atoms with Crippen LogP contribution in [0.15, 0.2) is 36.7 Å². The molecule has 2 aromatic heterocycles. The van der Waals surface area contributed by atoms with E-state index in [9.17, 15) is 14.9 Å². The van der Waals surface area contributed by atoms with Crippen LogP contribution in [0.4, 0.5) is 17.3 Å². The molecule has 1 fully saturated rings. The van der Waals surface area contributed by atoms with Gasteiger partial charge in [-0.2, -0.15) is 0 Å². The fourth-order valence-electron chi connectivity index (χ4n) is 2.75. The SMILES string of the molecule is O=C(Nc1ccc(Cl)cn1)[C@@H]1CCCN(c2ccc([N+](=O)[O-])cn2)C1. The van der Waals surface area contributed by atoms with Gasteiger partial charge in [0.15, 0.2) is 0 Å². The first-order chi connectivity index (χ1) is 12.0. The smallest absolute Gasteiger partial charge is 0.287 e. The summed E-state index contributed by atoms with van der Waals surface area (Å²) in [5, 5.41) is 14.0. The van der Waals surface area contributed by atoms with Gasteiger partial charge in [-0.05, 0) is 31.0 Å². The molecule has 2 aromatic rings. The maximum atomic E-state index is 12.5. The zero-order valence-corrected chi connectivity index (χ0v) is 14.0. The Morgan fingerprint density at radius 3 is 2.76 bits per heavy atom. The predicted octanol–water partition coefficient (Wildman–Crippen LogP) is 2.89. The van der Waals surface area contributed by atoms with Crippen molar-refractivity contribution < 1.29 is 9.72 Å². The van der Waals surface area contributed by atoms with Crippen molar-refractivity contribution in [1.82, 2.24) is 9.97 Å². The number of rotatable bonds is 4. The van der Waals surface area contributed by atoms with Gasteiger partial charge in [-0.3, -0.25) is 14.9 Å². The first-order valence-corrected chi connectivity index (χ1v) is 8.18. The molecule has 25 heavy (non-hydrogen) atoms. The van der Waals surface area contributed by atoms with Crippen molar-refractivity contribution in [2.24, 2.45) is 5.92 Å². The van der Waals surface area contributed by atoms with Crippen LogP contribution in [-0.2, 0) is 4.79 Å². The monoisotopic (exact) mass is 361 g/mol. The van der Waals surface area contributed by atoms with Crippen molar-refractivity contribution in [3.05, 3.63) is 51.8 Å². The number of nitro groups is 1. The second kappa shape index (κ2) is 7.43. The van der Waals surface area contributed by atoms with Crippen molar-refractivity contribution >= 4 is 34.8 Å². The van der Waals surface area contributed by atoms with Gasteiger partial charge in [0.2, 0.25) is 5.91 Å². The van der Waals surface area contributed by atoms with E-state index in [4.69, 9.17) is 11.6 Å². The first kappa shape index (κ1) is 17.1. The zero-order valence-electron chi connectivity index (χ0n) is 13.3. The maximum Gasteiger partial charge on any atom is 0.287 e. The van der Waals surface area contributed by atoms with Crippen LogP contribution < -0.4 is 10.2 Å². The molecule has 0 aromatic carbocycles. The molecule has 1 N–H and O–H groups in total. The lowest BCUT2D eigenvalue weighted by molar-refractivity contribution is -0.385. The normalized spacial score (nSPS) is 17.2. The van der Waals surface area contributed by atoms with E-state index in [2.05, 4.69) is 15.3 Å². The van der Waals surface area contributed by atoms with Crippen LogP contribution in [0.1, 0.15) is 12.8 Å². The second-order valence-electron chi connectivity index (χ2n) is 5.77. The fourth-order valence-corrected chi connectivity index (χ4v) is 2.86. The summed E-state index contributed by atoms with van der Waals surface area (Å²) in [6.45, 7) is 1.26. The number of pyridine rings is 2. The van der Waals surface area contributed by atoms with E-state index in [0.29, 0.717) is 23.2 Å². The van der Waals surface area contributed by atoms with Crippen molar-refractivity contribution in [2.45, 2.75) is 12.8 Å². The van der Waals surface area contributed by atoms with Crippen molar-refractivity contribution in [1.29, 1.82) is 0 Å². The molecule has 0 spiro atoms. The maximum absolute atomic E-state index is 12.5. The lowest BCUT2D eigenvalue weighted by Gasteiger charge is -2.32. The summed E-state index contributed by atoms with van der Waals surface area (Å²) in [7, 11) is 0. The number of hydrogen-bond acceptors (Lipinski definition) is 6. The molecule has 8 nitrogen and oxygen atoms in total. The van der Waals surface area contributed by atoms with Crippen LogP contribution in [0.3, 0.4) is 0 Å². The minimum absolute atomic E-state index is 0.0520. The third-order valence-corrected chi connectivity index (χ3v) is 4.26. The Morgan fingerprint density at radius 2 is 2.12 bits per heavy atom. The summed E-state index contributed by atoms with van der Waals surface area (Å²) < 4.78 is 0. The number of nitrogens with zero attached hydrogens (tertiary/aromatic N) is 4.